The number of anilines is 1. The second-order valence-corrected chi connectivity index (χ2v) is 6.22. The van der Waals surface area contributed by atoms with Gasteiger partial charge in [-0.1, -0.05) is 0 Å². The highest BCUT2D eigenvalue weighted by Crippen LogP contribution is 2.32. The van der Waals surface area contributed by atoms with E-state index in [0.29, 0.717) is 0 Å². The monoisotopic (exact) mass is 355 g/mol. The second kappa shape index (κ2) is 6.88. The molecule has 1 aromatic carbocycles. The molecule has 0 amide bonds. The molecule has 0 spiro atoms. The van der Waals surface area contributed by atoms with Crippen molar-refractivity contribution in [3.8, 4) is 5.75 Å². The average molecular weight is 355 g/mol. The van der Waals surface area contributed by atoms with Gasteiger partial charge in [0.1, 0.15) is 5.75 Å². The maximum atomic E-state index is 12.2. The van der Waals surface area contributed by atoms with Crippen LogP contribution in [0.1, 0.15) is 12.8 Å². The lowest BCUT2D eigenvalue weighted by atomic mass is 10.1. The predicted octanol–water partition coefficient (Wildman–Crippen LogP) is 4.24. The van der Waals surface area contributed by atoms with Crippen molar-refractivity contribution in [3.63, 3.8) is 0 Å². The molecule has 3 rings (SSSR count). The minimum Gasteiger partial charge on any atom is -0.484 e. The smallest absolute Gasteiger partial charge is 0.422 e. The van der Waals surface area contributed by atoms with Crippen molar-refractivity contribution < 1.29 is 17.9 Å². The van der Waals surface area contributed by atoms with Crippen molar-refractivity contribution in [2.45, 2.75) is 24.5 Å². The van der Waals surface area contributed by atoms with Crippen LogP contribution in [0.2, 0.25) is 0 Å². The first-order valence-electron chi connectivity index (χ1n) is 7.38. The zero-order valence-corrected chi connectivity index (χ0v) is 13.8. The number of benzene rings is 1. The predicted molar refractivity (Wildman–Crippen MR) is 91.0 cm³/mol. The van der Waals surface area contributed by atoms with Crippen molar-refractivity contribution in [2.24, 2.45) is 9.98 Å². The van der Waals surface area contributed by atoms with Crippen LogP contribution in [0.25, 0.3) is 0 Å². The molecular weight excluding hydrogens is 339 g/mol. The molecule has 0 fully saturated rings. The summed E-state index contributed by atoms with van der Waals surface area (Å²) in [4.78, 5) is 11.0. The lowest BCUT2D eigenvalue weighted by Gasteiger charge is -2.32. The number of halogens is 3. The van der Waals surface area contributed by atoms with E-state index >= 15 is 0 Å². The molecule has 1 aromatic rings. The molecule has 0 bridgehead atoms. The molecule has 2 heterocycles. The Labute approximate surface area is 142 Å². The molecule has 4 nitrogen and oxygen atoms in total. The van der Waals surface area contributed by atoms with E-state index < -0.39 is 12.8 Å². The van der Waals surface area contributed by atoms with E-state index in [0.717, 1.165) is 29.9 Å². The molecule has 24 heavy (non-hydrogen) atoms. The zero-order valence-electron chi connectivity index (χ0n) is 13.0. The molecule has 0 aliphatic carbocycles. The van der Waals surface area contributed by atoms with E-state index in [1.807, 2.05) is 23.6 Å². The minimum absolute atomic E-state index is 0.152. The molecule has 1 atom stereocenters. The highest BCUT2D eigenvalue weighted by molar-refractivity contribution is 7.99. The molecule has 0 N–H and O–H groups in total. The quantitative estimate of drug-likeness (QED) is 0.811. The number of thioether (sulfide) groups is 1. The molecule has 0 saturated carbocycles. The summed E-state index contributed by atoms with van der Waals surface area (Å²) in [5.41, 5.74) is 1.76. The van der Waals surface area contributed by atoms with Crippen LogP contribution in [0.3, 0.4) is 0 Å². The number of hydrogen-bond donors (Lipinski definition) is 0. The van der Waals surface area contributed by atoms with Gasteiger partial charge in [-0.15, -0.1) is 11.8 Å². The highest BCUT2D eigenvalue weighted by atomic mass is 32.2. The van der Waals surface area contributed by atoms with Crippen LogP contribution in [0, 0.1) is 0 Å². The fourth-order valence-corrected chi connectivity index (χ4v) is 3.07. The van der Waals surface area contributed by atoms with E-state index in [-0.39, 0.29) is 11.2 Å². The van der Waals surface area contributed by atoms with Gasteiger partial charge >= 0.3 is 6.18 Å². The summed E-state index contributed by atoms with van der Waals surface area (Å²) in [7, 11) is 0. The van der Waals surface area contributed by atoms with Gasteiger partial charge in [0.2, 0.25) is 0 Å². The molecule has 1 unspecified atom stereocenters. The van der Waals surface area contributed by atoms with Crippen molar-refractivity contribution in [3.05, 3.63) is 36.0 Å². The van der Waals surface area contributed by atoms with E-state index in [2.05, 4.69) is 9.98 Å². The van der Waals surface area contributed by atoms with Crippen molar-refractivity contribution in [2.75, 3.05) is 17.8 Å². The van der Waals surface area contributed by atoms with Gasteiger partial charge in [-0.2, -0.15) is 13.2 Å². The third-order valence-corrected chi connectivity index (χ3v) is 4.31. The Balaban J connectivity index is 1.77. The number of rotatable bonds is 4. The second-order valence-electron chi connectivity index (χ2n) is 5.32. The zero-order chi connectivity index (χ0) is 17.2. The standard InChI is InChI=1S/C16H16F3N3OS/c1-24-15-21-14-11(3-2-8-20-14)9-22(15)12-4-6-13(7-5-12)23-10-16(17,18)19/h4-9,15H,2-3,10H2,1H3. The number of hydrogen-bond acceptors (Lipinski definition) is 5. The third-order valence-electron chi connectivity index (χ3n) is 3.56. The first-order valence-corrected chi connectivity index (χ1v) is 8.67. The van der Waals surface area contributed by atoms with Crippen LogP contribution < -0.4 is 9.64 Å². The molecule has 8 heteroatoms. The van der Waals surface area contributed by atoms with Gasteiger partial charge in [0.05, 0.1) is 0 Å². The van der Waals surface area contributed by atoms with Crippen molar-refractivity contribution in [1.29, 1.82) is 0 Å². The normalized spacial score (nSPS) is 20.3. The molecule has 0 aromatic heterocycles. The Hall–Kier alpha value is -1.96. The summed E-state index contributed by atoms with van der Waals surface area (Å²) in [6, 6.07) is 6.54. The number of amidine groups is 1. The van der Waals surface area contributed by atoms with Crippen LogP contribution in [0.5, 0.6) is 5.75 Å². The molecule has 0 radical (unpaired) electrons. The first kappa shape index (κ1) is 16.9. The Morgan fingerprint density at radius 3 is 2.71 bits per heavy atom. The van der Waals surface area contributed by atoms with E-state index in [1.165, 1.54) is 12.1 Å². The maximum Gasteiger partial charge on any atom is 0.422 e. The van der Waals surface area contributed by atoms with E-state index in [4.69, 9.17) is 4.74 Å². The summed E-state index contributed by atoms with van der Waals surface area (Å²) in [5, 5.41) is 0. The Bertz CT molecular complexity index is 683. The van der Waals surface area contributed by atoms with Crippen LogP contribution in [-0.2, 0) is 0 Å². The van der Waals surface area contributed by atoms with Gasteiger partial charge < -0.3 is 9.64 Å². The Morgan fingerprint density at radius 1 is 1.29 bits per heavy atom. The first-order chi connectivity index (χ1) is 11.5. The van der Waals surface area contributed by atoms with E-state index in [9.17, 15) is 13.2 Å². The summed E-state index contributed by atoms with van der Waals surface area (Å²) in [6.07, 6.45) is 3.27. The highest BCUT2D eigenvalue weighted by Gasteiger charge is 2.28. The summed E-state index contributed by atoms with van der Waals surface area (Å²) in [5.74, 6) is 0.954. The Morgan fingerprint density at radius 2 is 2.04 bits per heavy atom. The van der Waals surface area contributed by atoms with Crippen LogP contribution >= 0.6 is 11.8 Å². The molecular formula is C16H16F3N3OS. The fourth-order valence-electron chi connectivity index (χ4n) is 2.45. The molecule has 128 valence electrons. The van der Waals surface area contributed by atoms with Gasteiger partial charge in [0, 0.05) is 23.7 Å². The lowest BCUT2D eigenvalue weighted by Crippen LogP contribution is -2.32. The van der Waals surface area contributed by atoms with Crippen molar-refractivity contribution in [1.82, 2.24) is 0 Å². The summed E-state index contributed by atoms with van der Waals surface area (Å²) in [6.45, 7) is -1.29. The molecule has 2 aliphatic rings. The molecule has 0 saturated heterocycles. The minimum atomic E-state index is -4.34. The van der Waals surface area contributed by atoms with Gasteiger partial charge in [-0.25, -0.2) is 9.98 Å². The van der Waals surface area contributed by atoms with E-state index in [1.54, 1.807) is 23.9 Å². The average Bonchev–Trinajstić information content (AvgIpc) is 2.58. The summed E-state index contributed by atoms with van der Waals surface area (Å²) < 4.78 is 41.3. The van der Waals surface area contributed by atoms with Crippen LogP contribution in [-0.4, -0.2) is 36.6 Å². The Kier molecular flexibility index (Phi) is 4.84. The number of aliphatic imine (C=N–C) groups is 2. The fraction of sp³-hybridized carbons (Fsp3) is 0.375. The largest absolute Gasteiger partial charge is 0.484 e. The topological polar surface area (TPSA) is 37.2 Å². The SMILES string of the molecule is CSC1N=C2N=CCCC2=CN1c1ccc(OCC(F)(F)F)cc1. The third kappa shape index (κ3) is 3.92. The lowest BCUT2D eigenvalue weighted by molar-refractivity contribution is -0.153. The van der Waals surface area contributed by atoms with Crippen LogP contribution in [0.15, 0.2) is 46.0 Å². The van der Waals surface area contributed by atoms with Crippen LogP contribution in [0.4, 0.5) is 18.9 Å². The number of ether oxygens (including phenoxy) is 1. The van der Waals surface area contributed by atoms with Gasteiger partial charge in [-0.3, -0.25) is 0 Å². The number of nitrogens with zero attached hydrogens (tertiary/aromatic N) is 3. The molecule has 2 aliphatic heterocycles. The van der Waals surface area contributed by atoms with Gasteiger partial charge in [0.25, 0.3) is 0 Å². The number of fused-ring (bicyclic) bond motifs is 1. The van der Waals surface area contributed by atoms with Crippen molar-refractivity contribution >= 4 is 29.5 Å². The summed E-state index contributed by atoms with van der Waals surface area (Å²) >= 11 is 1.56. The van der Waals surface area contributed by atoms with Gasteiger partial charge in [0.15, 0.2) is 17.9 Å². The van der Waals surface area contributed by atoms with Gasteiger partial charge in [-0.05, 0) is 43.4 Å². The maximum absolute atomic E-state index is 12.2. The number of alkyl halides is 3.